The highest BCUT2D eigenvalue weighted by molar-refractivity contribution is 5.60. The number of ether oxygens (including phenoxy) is 2. The molecule has 10 nitrogen and oxygen atoms in total. The quantitative estimate of drug-likeness (QED) is 0.285. The highest BCUT2D eigenvalue weighted by atomic mass is 16.6. The maximum atomic E-state index is 13.2. The van der Waals surface area contributed by atoms with Gasteiger partial charge in [-0.3, -0.25) is 9.36 Å². The molecule has 4 aromatic carbocycles. The molecular weight excluding hydrogens is 604 g/mol. The van der Waals surface area contributed by atoms with E-state index in [1.54, 1.807) is 6.07 Å². The lowest BCUT2D eigenvalue weighted by molar-refractivity contribution is -0.0296. The Labute approximate surface area is 278 Å². The summed E-state index contributed by atoms with van der Waals surface area (Å²) in [7, 11) is 0. The van der Waals surface area contributed by atoms with E-state index in [1.807, 2.05) is 77.4 Å². The van der Waals surface area contributed by atoms with E-state index in [1.165, 1.54) is 0 Å². The van der Waals surface area contributed by atoms with Crippen molar-refractivity contribution in [2.45, 2.75) is 36.9 Å². The zero-order chi connectivity index (χ0) is 32.2. The van der Waals surface area contributed by atoms with Gasteiger partial charge in [-0.25, -0.2) is 0 Å². The fourth-order valence-corrected chi connectivity index (χ4v) is 7.94. The average Bonchev–Trinajstić information content (AvgIpc) is 3.92. The number of para-hydroxylation sites is 4. The third-order valence-corrected chi connectivity index (χ3v) is 10.0. The number of rotatable bonds is 6. The Bertz CT molecular complexity index is 1850. The van der Waals surface area contributed by atoms with Crippen molar-refractivity contribution < 1.29 is 14.6 Å². The predicted molar refractivity (Wildman–Crippen MR) is 185 cm³/mol. The number of hydrogen-bond acceptors (Lipinski definition) is 9. The fraction of sp³-hybridized carbons (Fsp3) is 0.263. The van der Waals surface area contributed by atoms with Gasteiger partial charge in [0, 0.05) is 55.0 Å². The van der Waals surface area contributed by atoms with Gasteiger partial charge in [-0.05, 0) is 48.5 Å². The zero-order valence-corrected chi connectivity index (χ0v) is 26.3. The lowest BCUT2D eigenvalue weighted by Crippen LogP contribution is -2.53. The van der Waals surface area contributed by atoms with Crippen LogP contribution >= 0.6 is 0 Å². The number of nitrogens with zero attached hydrogens (tertiary/aromatic N) is 6. The normalized spacial score (nSPS) is 23.9. The van der Waals surface area contributed by atoms with E-state index >= 15 is 0 Å². The first-order chi connectivity index (χ1) is 23.7. The maximum Gasteiger partial charge on any atom is 0.302 e. The van der Waals surface area contributed by atoms with Gasteiger partial charge in [-0.1, -0.05) is 72.8 Å². The molecule has 9 rings (SSSR count). The van der Waals surface area contributed by atoms with Crippen LogP contribution in [-0.2, 0) is 4.74 Å². The van der Waals surface area contributed by atoms with Gasteiger partial charge in [-0.2, -0.15) is 4.98 Å². The molecule has 0 bridgehead atoms. The number of fused-ring (bicyclic) bond motifs is 3. The minimum Gasteiger partial charge on any atom is -0.453 e. The topological polar surface area (TPSA) is 86.5 Å². The molecular formula is C38H36N6O4. The predicted octanol–water partition coefficient (Wildman–Crippen LogP) is 4.64. The van der Waals surface area contributed by atoms with Gasteiger partial charge >= 0.3 is 6.01 Å². The Morgan fingerprint density at radius 3 is 1.52 bits per heavy atom. The van der Waals surface area contributed by atoms with Crippen LogP contribution in [-0.4, -0.2) is 65.3 Å². The van der Waals surface area contributed by atoms with E-state index < -0.39 is 30.1 Å². The van der Waals surface area contributed by atoms with Crippen LogP contribution in [0.5, 0.6) is 6.01 Å². The lowest BCUT2D eigenvalue weighted by atomic mass is 10.1. The van der Waals surface area contributed by atoms with Crippen LogP contribution in [0.4, 0.5) is 22.7 Å². The second kappa shape index (κ2) is 11.7. The van der Waals surface area contributed by atoms with Crippen molar-refractivity contribution in [3.63, 3.8) is 0 Å². The summed E-state index contributed by atoms with van der Waals surface area (Å²) in [4.78, 5) is 26.7. The van der Waals surface area contributed by atoms with E-state index in [2.05, 4.69) is 73.1 Å². The van der Waals surface area contributed by atoms with Crippen LogP contribution in [0.1, 0.15) is 18.1 Å². The minimum absolute atomic E-state index is 0.171. The second-order valence-corrected chi connectivity index (χ2v) is 12.6. The number of anilines is 4. The largest absolute Gasteiger partial charge is 0.453 e. The number of aromatic nitrogens is 2. The van der Waals surface area contributed by atoms with Crippen molar-refractivity contribution in [2.24, 2.45) is 0 Å². The van der Waals surface area contributed by atoms with Gasteiger partial charge in [-0.15, -0.1) is 0 Å². The van der Waals surface area contributed by atoms with E-state index in [-0.39, 0.29) is 18.3 Å². The van der Waals surface area contributed by atoms with Crippen molar-refractivity contribution in [1.82, 2.24) is 9.55 Å². The average molecular weight is 641 g/mol. The van der Waals surface area contributed by atoms with E-state index in [0.717, 1.165) is 48.9 Å². The van der Waals surface area contributed by atoms with Crippen molar-refractivity contribution in [3.05, 3.63) is 143 Å². The Morgan fingerprint density at radius 1 is 0.604 bits per heavy atom. The molecule has 1 aromatic heterocycles. The zero-order valence-electron chi connectivity index (χ0n) is 26.3. The fourth-order valence-electron chi connectivity index (χ4n) is 7.94. The van der Waals surface area contributed by atoms with Gasteiger partial charge in [0.2, 0.25) is 0 Å². The van der Waals surface area contributed by atoms with Crippen molar-refractivity contribution in [1.29, 1.82) is 0 Å². The monoisotopic (exact) mass is 640 g/mol. The van der Waals surface area contributed by atoms with Gasteiger partial charge in [0.05, 0.1) is 5.69 Å². The molecule has 10 heteroatoms. The molecule has 5 heterocycles. The summed E-state index contributed by atoms with van der Waals surface area (Å²) < 4.78 is 15.2. The summed E-state index contributed by atoms with van der Waals surface area (Å²) in [6.45, 7) is 3.03. The molecule has 1 N–H and O–H groups in total. The van der Waals surface area contributed by atoms with Crippen molar-refractivity contribution in [2.75, 3.05) is 45.8 Å². The molecule has 242 valence electrons. The van der Waals surface area contributed by atoms with Crippen LogP contribution in [0, 0.1) is 0 Å². The van der Waals surface area contributed by atoms with Crippen LogP contribution in [0.3, 0.4) is 0 Å². The van der Waals surface area contributed by atoms with E-state index in [4.69, 9.17) is 9.47 Å². The highest BCUT2D eigenvalue weighted by Gasteiger charge is 2.58. The first-order valence-electron chi connectivity index (χ1n) is 16.6. The first kappa shape index (κ1) is 28.9. The molecule has 4 atom stereocenters. The van der Waals surface area contributed by atoms with Crippen LogP contribution in [0.2, 0.25) is 0 Å². The van der Waals surface area contributed by atoms with E-state index in [0.29, 0.717) is 5.69 Å². The van der Waals surface area contributed by atoms with Gasteiger partial charge in [0.1, 0.15) is 24.5 Å². The van der Waals surface area contributed by atoms with Crippen molar-refractivity contribution in [3.8, 4) is 6.01 Å². The second-order valence-electron chi connectivity index (χ2n) is 12.6. The molecule has 3 fully saturated rings. The molecule has 0 spiro atoms. The minimum atomic E-state index is -0.987. The summed E-state index contributed by atoms with van der Waals surface area (Å²) >= 11 is 0. The molecule has 0 radical (unpaired) electrons. The number of aliphatic hydroxyl groups is 1. The smallest absolute Gasteiger partial charge is 0.302 e. The molecule has 0 unspecified atom stereocenters. The van der Waals surface area contributed by atoms with Gasteiger partial charge < -0.3 is 34.2 Å². The SMILES string of the molecule is O=c1cc(C2N(c3ccccc3)CCN2c2ccccc2)n2c(n1)O[C@H]1[C@H](O)[C@@H](C3N(c4ccccc4)CCN3c3ccccc3)O[C@H]12. The first-order valence-corrected chi connectivity index (χ1v) is 16.6. The summed E-state index contributed by atoms with van der Waals surface area (Å²) in [6.07, 6.45) is -3.68. The van der Waals surface area contributed by atoms with Crippen LogP contribution in [0.15, 0.2) is 132 Å². The van der Waals surface area contributed by atoms with Gasteiger partial charge in [0.25, 0.3) is 5.56 Å². The Balaban J connectivity index is 1.13. The molecule has 0 aliphatic carbocycles. The molecule has 0 amide bonds. The number of hydrogen-bond donors (Lipinski definition) is 1. The molecule has 5 aromatic rings. The standard InChI is InChI=1S/C38H36N6O4/c45-31-25-30(35-40(26-13-5-1-6-14-26)21-22-41(35)27-15-7-2-8-16-27)44-37-34(48-38(44)39-31)32(46)33(47-37)36-42(28-17-9-3-10-18-28)23-24-43(36)29-19-11-4-12-20-29/h1-20,25,32-37,46H,21-24H2/t32-,33+,34+,37-/m1/s1. The third kappa shape index (κ3) is 4.70. The Morgan fingerprint density at radius 2 is 1.04 bits per heavy atom. The molecule has 3 saturated heterocycles. The molecule has 0 saturated carbocycles. The molecule has 4 aliphatic heterocycles. The van der Waals surface area contributed by atoms with Gasteiger partial charge in [0.15, 0.2) is 12.3 Å². The Kier molecular flexibility index (Phi) is 7.05. The third-order valence-electron chi connectivity index (χ3n) is 10.0. The highest BCUT2D eigenvalue weighted by Crippen LogP contribution is 2.47. The van der Waals surface area contributed by atoms with Crippen LogP contribution < -0.4 is 29.9 Å². The summed E-state index contributed by atoms with van der Waals surface area (Å²) in [5, 5.41) is 12.1. The van der Waals surface area contributed by atoms with Crippen molar-refractivity contribution >= 4 is 22.7 Å². The van der Waals surface area contributed by atoms with E-state index in [9.17, 15) is 9.90 Å². The summed E-state index contributed by atoms with van der Waals surface area (Å²) in [5.41, 5.74) is 4.53. The number of aliphatic hydroxyl groups excluding tert-OH is 1. The molecule has 48 heavy (non-hydrogen) atoms. The molecule has 4 aliphatic rings. The summed E-state index contributed by atoms with van der Waals surface area (Å²) in [6, 6.07) is 42.8. The van der Waals surface area contributed by atoms with Crippen LogP contribution in [0.25, 0.3) is 0 Å². The summed E-state index contributed by atoms with van der Waals surface area (Å²) in [5.74, 6) is 0. The lowest BCUT2D eigenvalue weighted by Gasteiger charge is -2.38. The maximum absolute atomic E-state index is 13.2. The Hall–Kier alpha value is -5.32. The number of benzene rings is 4.